The molecular weight excluding hydrogens is 188 g/mol. The third-order valence-corrected chi connectivity index (χ3v) is 2.04. The topological polar surface area (TPSA) is 32.3 Å². The number of rotatable bonds is 3. The maximum atomic E-state index is 11.8. The van der Waals surface area contributed by atoms with Gasteiger partial charge in [-0.3, -0.25) is 4.90 Å². The van der Waals surface area contributed by atoms with Crippen LogP contribution in [0.4, 0.5) is 10.5 Å². The number of hydrogen-bond acceptors (Lipinski definition) is 1. The quantitative estimate of drug-likeness (QED) is 0.810. The Kier molecular flexibility index (Phi) is 4.16. The van der Waals surface area contributed by atoms with E-state index < -0.39 is 0 Å². The molecule has 0 heterocycles. The molecule has 82 valence electrons. The number of carbonyl (C=O) groups excluding carboxylic acids is 1. The van der Waals surface area contributed by atoms with E-state index >= 15 is 0 Å². The lowest BCUT2D eigenvalue weighted by molar-refractivity contribution is 0.244. The zero-order chi connectivity index (χ0) is 11.3. The molecule has 1 aromatic carbocycles. The highest BCUT2D eigenvalue weighted by atomic mass is 16.2. The molecule has 0 fully saturated rings. The highest BCUT2D eigenvalue weighted by Crippen LogP contribution is 2.12. The van der Waals surface area contributed by atoms with E-state index in [1.54, 1.807) is 4.90 Å². The highest BCUT2D eigenvalue weighted by Gasteiger charge is 2.13. The molecule has 1 rings (SSSR count). The molecule has 1 aromatic rings. The number of anilines is 1. The zero-order valence-corrected chi connectivity index (χ0v) is 9.53. The summed E-state index contributed by atoms with van der Waals surface area (Å²) >= 11 is 0. The molecule has 0 unspecified atom stereocenters. The summed E-state index contributed by atoms with van der Waals surface area (Å²) in [7, 11) is 0. The van der Waals surface area contributed by atoms with Gasteiger partial charge in [0, 0.05) is 18.3 Å². The van der Waals surface area contributed by atoms with Crippen molar-refractivity contribution in [3.63, 3.8) is 0 Å². The van der Waals surface area contributed by atoms with Gasteiger partial charge in [0.1, 0.15) is 0 Å². The molecule has 0 aliphatic carbocycles. The lowest BCUT2D eigenvalue weighted by Crippen LogP contribution is -2.43. The molecule has 0 aliphatic heterocycles. The van der Waals surface area contributed by atoms with Crippen LogP contribution in [0.2, 0.25) is 0 Å². The van der Waals surface area contributed by atoms with Crippen LogP contribution in [0.1, 0.15) is 20.8 Å². The Labute approximate surface area is 91.1 Å². The van der Waals surface area contributed by atoms with Crippen LogP contribution in [0.3, 0.4) is 0 Å². The Morgan fingerprint density at radius 1 is 1.33 bits per heavy atom. The molecular formula is C12H18N2O. The van der Waals surface area contributed by atoms with Crippen molar-refractivity contribution in [1.29, 1.82) is 0 Å². The SMILES string of the molecule is CCN(C(=O)NC(C)C)c1ccccc1. The van der Waals surface area contributed by atoms with Gasteiger partial charge in [0.05, 0.1) is 0 Å². The summed E-state index contributed by atoms with van der Waals surface area (Å²) in [4.78, 5) is 13.5. The molecule has 0 saturated carbocycles. The van der Waals surface area contributed by atoms with Crippen LogP contribution in [0.5, 0.6) is 0 Å². The maximum Gasteiger partial charge on any atom is 0.322 e. The first kappa shape index (κ1) is 11.6. The largest absolute Gasteiger partial charge is 0.336 e. The van der Waals surface area contributed by atoms with E-state index in [4.69, 9.17) is 0 Å². The molecule has 0 aliphatic rings. The van der Waals surface area contributed by atoms with E-state index in [-0.39, 0.29) is 12.1 Å². The van der Waals surface area contributed by atoms with Crippen molar-refractivity contribution < 1.29 is 4.79 Å². The van der Waals surface area contributed by atoms with Gasteiger partial charge >= 0.3 is 6.03 Å². The van der Waals surface area contributed by atoms with Crippen LogP contribution in [0.25, 0.3) is 0 Å². The van der Waals surface area contributed by atoms with Gasteiger partial charge in [-0.1, -0.05) is 18.2 Å². The fraction of sp³-hybridized carbons (Fsp3) is 0.417. The third-order valence-electron chi connectivity index (χ3n) is 2.04. The number of nitrogens with one attached hydrogen (secondary N) is 1. The summed E-state index contributed by atoms with van der Waals surface area (Å²) in [5.74, 6) is 0. The van der Waals surface area contributed by atoms with Crippen molar-refractivity contribution in [2.75, 3.05) is 11.4 Å². The Hall–Kier alpha value is -1.51. The molecule has 3 nitrogen and oxygen atoms in total. The Morgan fingerprint density at radius 2 is 1.93 bits per heavy atom. The average Bonchev–Trinajstić information content (AvgIpc) is 2.19. The second-order valence-electron chi connectivity index (χ2n) is 3.68. The molecule has 2 amide bonds. The normalized spacial score (nSPS) is 10.1. The van der Waals surface area contributed by atoms with Gasteiger partial charge in [0.2, 0.25) is 0 Å². The molecule has 0 radical (unpaired) electrons. The number of benzene rings is 1. The second-order valence-corrected chi connectivity index (χ2v) is 3.68. The van der Waals surface area contributed by atoms with Crippen LogP contribution in [-0.2, 0) is 0 Å². The molecule has 0 spiro atoms. The van der Waals surface area contributed by atoms with E-state index in [2.05, 4.69) is 5.32 Å². The fourth-order valence-electron chi connectivity index (χ4n) is 1.38. The van der Waals surface area contributed by atoms with Crippen molar-refractivity contribution in [2.24, 2.45) is 0 Å². The predicted octanol–water partition coefficient (Wildman–Crippen LogP) is 2.63. The summed E-state index contributed by atoms with van der Waals surface area (Å²) in [6.07, 6.45) is 0. The van der Waals surface area contributed by atoms with Crippen LogP contribution in [0, 0.1) is 0 Å². The van der Waals surface area contributed by atoms with Crippen molar-refractivity contribution in [1.82, 2.24) is 5.32 Å². The van der Waals surface area contributed by atoms with Crippen molar-refractivity contribution >= 4 is 11.7 Å². The molecule has 1 N–H and O–H groups in total. The van der Waals surface area contributed by atoms with Crippen LogP contribution in [0.15, 0.2) is 30.3 Å². The van der Waals surface area contributed by atoms with Gasteiger partial charge in [0.15, 0.2) is 0 Å². The second kappa shape index (κ2) is 5.39. The van der Waals surface area contributed by atoms with Gasteiger partial charge in [-0.05, 0) is 32.9 Å². The van der Waals surface area contributed by atoms with Gasteiger partial charge in [-0.15, -0.1) is 0 Å². The average molecular weight is 206 g/mol. The molecule has 0 saturated heterocycles. The van der Waals surface area contributed by atoms with E-state index in [9.17, 15) is 4.79 Å². The van der Waals surface area contributed by atoms with Gasteiger partial charge in [-0.25, -0.2) is 4.79 Å². The van der Waals surface area contributed by atoms with Gasteiger partial charge in [-0.2, -0.15) is 0 Å². The highest BCUT2D eigenvalue weighted by molar-refractivity contribution is 5.91. The monoisotopic (exact) mass is 206 g/mol. The van der Waals surface area contributed by atoms with Crippen molar-refractivity contribution in [3.05, 3.63) is 30.3 Å². The molecule has 15 heavy (non-hydrogen) atoms. The summed E-state index contributed by atoms with van der Waals surface area (Å²) < 4.78 is 0. The Morgan fingerprint density at radius 3 is 2.40 bits per heavy atom. The van der Waals surface area contributed by atoms with Crippen molar-refractivity contribution in [3.8, 4) is 0 Å². The fourth-order valence-corrected chi connectivity index (χ4v) is 1.38. The van der Waals surface area contributed by atoms with Gasteiger partial charge in [0.25, 0.3) is 0 Å². The number of urea groups is 1. The standard InChI is InChI=1S/C12H18N2O/c1-4-14(12(15)13-10(2)3)11-8-6-5-7-9-11/h5-10H,4H2,1-3H3,(H,13,15). The summed E-state index contributed by atoms with van der Waals surface area (Å²) in [5, 5.41) is 2.88. The number of nitrogens with zero attached hydrogens (tertiary/aromatic N) is 1. The third kappa shape index (κ3) is 3.27. The predicted molar refractivity (Wildman–Crippen MR) is 63.1 cm³/mol. The van der Waals surface area contributed by atoms with Crippen molar-refractivity contribution in [2.45, 2.75) is 26.8 Å². The van der Waals surface area contributed by atoms with Crippen LogP contribution >= 0.6 is 0 Å². The molecule has 0 aromatic heterocycles. The first-order valence-electron chi connectivity index (χ1n) is 5.28. The lowest BCUT2D eigenvalue weighted by Gasteiger charge is -2.22. The molecule has 0 bridgehead atoms. The number of carbonyl (C=O) groups is 1. The Balaban J connectivity index is 2.76. The number of para-hydroxylation sites is 1. The lowest BCUT2D eigenvalue weighted by atomic mass is 10.3. The van der Waals surface area contributed by atoms with E-state index in [0.717, 1.165) is 5.69 Å². The summed E-state index contributed by atoms with van der Waals surface area (Å²) in [6.45, 7) is 6.54. The minimum absolute atomic E-state index is 0.0429. The molecule has 3 heteroatoms. The van der Waals surface area contributed by atoms with E-state index in [1.807, 2.05) is 51.1 Å². The maximum absolute atomic E-state index is 11.8. The first-order valence-corrected chi connectivity index (χ1v) is 5.28. The Bertz CT molecular complexity index is 309. The van der Waals surface area contributed by atoms with Gasteiger partial charge < -0.3 is 5.32 Å². The van der Waals surface area contributed by atoms with Crippen LogP contribution < -0.4 is 10.2 Å². The summed E-state index contributed by atoms with van der Waals surface area (Å²) in [5.41, 5.74) is 0.929. The number of amides is 2. The number of hydrogen-bond donors (Lipinski definition) is 1. The van der Waals surface area contributed by atoms with E-state index in [1.165, 1.54) is 0 Å². The minimum Gasteiger partial charge on any atom is -0.336 e. The first-order chi connectivity index (χ1) is 7.15. The molecule has 0 atom stereocenters. The zero-order valence-electron chi connectivity index (χ0n) is 9.53. The summed E-state index contributed by atoms with van der Waals surface area (Å²) in [6, 6.07) is 9.79. The van der Waals surface area contributed by atoms with E-state index in [0.29, 0.717) is 6.54 Å². The smallest absolute Gasteiger partial charge is 0.322 e. The van der Waals surface area contributed by atoms with Crippen LogP contribution in [-0.4, -0.2) is 18.6 Å². The minimum atomic E-state index is -0.0429.